The smallest absolute Gasteiger partial charge is 0.133 e. The van der Waals surface area contributed by atoms with Crippen molar-refractivity contribution in [3.8, 4) is 0 Å². The monoisotopic (exact) mass is 295 g/mol. The molecule has 0 N–H and O–H groups in total. The van der Waals surface area contributed by atoms with Crippen LogP contribution in [-0.4, -0.2) is 5.97 Å². The second-order valence-electron chi connectivity index (χ2n) is 2.03. The number of carboxylic acids is 1. The minimum absolute atomic E-state index is 0.454. The van der Waals surface area contributed by atoms with Gasteiger partial charge in [-0.3, -0.25) is 0 Å². The van der Waals surface area contributed by atoms with Gasteiger partial charge in [0.1, 0.15) is 5.82 Å². The number of benzene rings is 1. The zero-order chi connectivity index (χ0) is 9.30. The quantitative estimate of drug-likeness (QED) is 0.740. The Morgan fingerprint density at radius 1 is 1.33 bits per heavy atom. The minimum Gasteiger partial charge on any atom is -0.545 e. The minimum atomic E-state index is -1.53. The van der Waals surface area contributed by atoms with E-state index in [2.05, 4.69) is 31.9 Å². The Morgan fingerprint density at radius 3 is 2.33 bits per heavy atom. The highest BCUT2D eigenvalue weighted by Gasteiger charge is 2.06. The summed E-state index contributed by atoms with van der Waals surface area (Å²) in [6.07, 6.45) is 0. The molecule has 0 amide bonds. The first-order valence-electron chi connectivity index (χ1n) is 2.88. The third-order valence-electron chi connectivity index (χ3n) is 1.23. The Labute approximate surface area is 84.7 Å². The molecular weight excluding hydrogens is 295 g/mol. The summed E-state index contributed by atoms with van der Waals surface area (Å²) in [4.78, 5) is 10.3. The molecule has 0 aromatic heterocycles. The number of rotatable bonds is 1. The molecule has 0 aliphatic carbocycles. The second-order valence-corrected chi connectivity index (χ2v) is 3.74. The molecular formula is C7H2Br2FO2-. The maximum absolute atomic E-state index is 12.8. The number of carbonyl (C=O) groups is 1. The van der Waals surface area contributed by atoms with E-state index in [-0.39, 0.29) is 0 Å². The summed E-state index contributed by atoms with van der Waals surface area (Å²) in [6.45, 7) is 0. The zero-order valence-electron chi connectivity index (χ0n) is 5.61. The molecule has 0 radical (unpaired) electrons. The van der Waals surface area contributed by atoms with Crippen LogP contribution >= 0.6 is 31.9 Å². The SMILES string of the molecule is O=C([O-])c1cc(Br)c(Br)cc1F. The van der Waals surface area contributed by atoms with Gasteiger partial charge in [-0.2, -0.15) is 0 Å². The lowest BCUT2D eigenvalue weighted by Gasteiger charge is -2.05. The van der Waals surface area contributed by atoms with E-state index in [9.17, 15) is 14.3 Å². The topological polar surface area (TPSA) is 40.1 Å². The van der Waals surface area contributed by atoms with Crippen LogP contribution in [0.25, 0.3) is 0 Å². The molecule has 0 unspecified atom stereocenters. The van der Waals surface area contributed by atoms with Gasteiger partial charge >= 0.3 is 0 Å². The molecule has 0 aliphatic heterocycles. The predicted octanol–water partition coefficient (Wildman–Crippen LogP) is 1.71. The van der Waals surface area contributed by atoms with Gasteiger partial charge in [0, 0.05) is 14.5 Å². The number of carbonyl (C=O) groups excluding carboxylic acids is 1. The van der Waals surface area contributed by atoms with Crippen LogP contribution in [0.2, 0.25) is 0 Å². The Morgan fingerprint density at radius 2 is 1.83 bits per heavy atom. The lowest BCUT2D eigenvalue weighted by molar-refractivity contribution is -0.255. The van der Waals surface area contributed by atoms with Gasteiger partial charge in [-0.25, -0.2) is 4.39 Å². The van der Waals surface area contributed by atoms with Gasteiger partial charge in [0.25, 0.3) is 0 Å². The summed E-state index contributed by atoms with van der Waals surface area (Å²) in [7, 11) is 0. The van der Waals surface area contributed by atoms with E-state index in [0.717, 1.165) is 12.1 Å². The van der Waals surface area contributed by atoms with Crippen molar-refractivity contribution >= 4 is 37.8 Å². The van der Waals surface area contributed by atoms with Crippen LogP contribution in [0.15, 0.2) is 21.1 Å². The van der Waals surface area contributed by atoms with Crippen molar-refractivity contribution in [2.24, 2.45) is 0 Å². The van der Waals surface area contributed by atoms with Gasteiger partial charge in [-0.15, -0.1) is 0 Å². The van der Waals surface area contributed by atoms with Crippen molar-refractivity contribution in [3.63, 3.8) is 0 Å². The number of aromatic carboxylic acids is 1. The zero-order valence-corrected chi connectivity index (χ0v) is 8.78. The van der Waals surface area contributed by atoms with Crippen molar-refractivity contribution in [1.82, 2.24) is 0 Å². The molecule has 0 saturated carbocycles. The first-order chi connectivity index (χ1) is 5.52. The van der Waals surface area contributed by atoms with Crippen LogP contribution in [0.5, 0.6) is 0 Å². The summed E-state index contributed by atoms with van der Waals surface area (Å²) in [5, 5.41) is 10.3. The number of hydrogen-bond donors (Lipinski definition) is 0. The molecule has 0 fully saturated rings. The van der Waals surface area contributed by atoms with Gasteiger partial charge in [0.2, 0.25) is 0 Å². The fourth-order valence-corrected chi connectivity index (χ4v) is 1.34. The van der Waals surface area contributed by atoms with E-state index in [1.807, 2.05) is 0 Å². The molecule has 0 aliphatic rings. The standard InChI is InChI=1S/C7H3Br2FO2/c8-4-1-3(7(11)12)6(10)2-5(4)9/h1-2H,(H,11,12)/p-1. The van der Waals surface area contributed by atoms with Gasteiger partial charge < -0.3 is 9.90 Å². The summed E-state index contributed by atoms with van der Waals surface area (Å²) in [5.41, 5.74) is -0.454. The van der Waals surface area contributed by atoms with Crippen LogP contribution in [-0.2, 0) is 0 Å². The normalized spacial score (nSPS) is 9.92. The van der Waals surface area contributed by atoms with E-state index in [1.165, 1.54) is 0 Å². The van der Waals surface area contributed by atoms with Gasteiger partial charge in [0.05, 0.1) is 5.97 Å². The van der Waals surface area contributed by atoms with E-state index >= 15 is 0 Å². The highest BCUT2D eigenvalue weighted by molar-refractivity contribution is 9.13. The first-order valence-corrected chi connectivity index (χ1v) is 4.47. The highest BCUT2D eigenvalue weighted by atomic mass is 79.9. The van der Waals surface area contributed by atoms with Gasteiger partial charge in [0.15, 0.2) is 0 Å². The van der Waals surface area contributed by atoms with Crippen LogP contribution in [0.4, 0.5) is 4.39 Å². The molecule has 2 nitrogen and oxygen atoms in total. The molecule has 0 atom stereocenters. The van der Waals surface area contributed by atoms with Crippen LogP contribution in [0.3, 0.4) is 0 Å². The van der Waals surface area contributed by atoms with Gasteiger partial charge in [-0.1, -0.05) is 0 Å². The van der Waals surface area contributed by atoms with Crippen LogP contribution in [0.1, 0.15) is 10.4 Å². The van der Waals surface area contributed by atoms with E-state index in [4.69, 9.17) is 0 Å². The fourth-order valence-electron chi connectivity index (χ4n) is 0.679. The van der Waals surface area contributed by atoms with Crippen molar-refractivity contribution < 1.29 is 14.3 Å². The van der Waals surface area contributed by atoms with Crippen LogP contribution < -0.4 is 5.11 Å². The maximum Gasteiger partial charge on any atom is 0.133 e. The summed E-state index contributed by atoms with van der Waals surface area (Å²) in [5.74, 6) is -2.34. The lowest BCUT2D eigenvalue weighted by atomic mass is 10.2. The molecule has 0 spiro atoms. The third kappa shape index (κ3) is 1.84. The van der Waals surface area contributed by atoms with Crippen molar-refractivity contribution in [1.29, 1.82) is 0 Å². The number of hydrogen-bond acceptors (Lipinski definition) is 2. The first kappa shape index (κ1) is 9.67. The number of halogens is 3. The molecule has 12 heavy (non-hydrogen) atoms. The fraction of sp³-hybridized carbons (Fsp3) is 0. The highest BCUT2D eigenvalue weighted by Crippen LogP contribution is 2.25. The second kappa shape index (κ2) is 3.53. The number of carboxylic acid groups (broad SMARTS) is 1. The van der Waals surface area contributed by atoms with Crippen molar-refractivity contribution in [3.05, 3.63) is 32.5 Å². The summed E-state index contributed by atoms with van der Waals surface area (Å²) in [6, 6.07) is 2.21. The average Bonchev–Trinajstić information content (AvgIpc) is 1.96. The van der Waals surface area contributed by atoms with Crippen molar-refractivity contribution in [2.45, 2.75) is 0 Å². The summed E-state index contributed by atoms with van der Waals surface area (Å²) < 4.78 is 13.7. The molecule has 0 bridgehead atoms. The molecule has 1 aromatic rings. The Kier molecular flexibility index (Phi) is 2.85. The molecule has 0 saturated heterocycles. The molecule has 1 rings (SSSR count). The Balaban J connectivity index is 3.33. The van der Waals surface area contributed by atoms with Crippen molar-refractivity contribution in [2.75, 3.05) is 0 Å². The molecule has 5 heteroatoms. The van der Waals surface area contributed by atoms with Gasteiger partial charge in [-0.05, 0) is 44.0 Å². The van der Waals surface area contributed by atoms with E-state index in [0.29, 0.717) is 8.95 Å². The average molecular weight is 297 g/mol. The summed E-state index contributed by atoms with van der Waals surface area (Å²) >= 11 is 6.07. The van der Waals surface area contributed by atoms with Crippen LogP contribution in [0, 0.1) is 5.82 Å². The largest absolute Gasteiger partial charge is 0.545 e. The predicted molar refractivity (Wildman–Crippen MR) is 46.1 cm³/mol. The maximum atomic E-state index is 12.8. The van der Waals surface area contributed by atoms with E-state index < -0.39 is 17.3 Å². The Hall–Kier alpha value is -0.420. The molecule has 64 valence electrons. The van der Waals surface area contributed by atoms with E-state index in [1.54, 1.807) is 0 Å². The third-order valence-corrected chi connectivity index (χ3v) is 3.07. The Bertz CT molecular complexity index is 338. The molecule has 1 aromatic carbocycles. The lowest BCUT2D eigenvalue weighted by Crippen LogP contribution is -2.23. The molecule has 0 heterocycles.